The largest absolute Gasteiger partial charge is 0.385 e. The van der Waals surface area contributed by atoms with Crippen LogP contribution >= 0.6 is 0 Å². The summed E-state index contributed by atoms with van der Waals surface area (Å²) in [5.41, 5.74) is 0.723. The van der Waals surface area contributed by atoms with E-state index < -0.39 is 12.2 Å². The lowest BCUT2D eigenvalue weighted by Crippen LogP contribution is -2.44. The maximum atomic E-state index is 11.0. The molecule has 3 nitrogen and oxygen atoms in total. The van der Waals surface area contributed by atoms with Gasteiger partial charge in [0.05, 0.1) is 0 Å². The molecule has 0 unspecified atom stereocenters. The lowest BCUT2D eigenvalue weighted by molar-refractivity contribution is -0.167. The third-order valence-electron chi connectivity index (χ3n) is 2.15. The van der Waals surface area contributed by atoms with Crippen LogP contribution in [0.25, 0.3) is 0 Å². The first-order valence-corrected chi connectivity index (χ1v) is 4.16. The molecule has 2 atom stereocenters. The van der Waals surface area contributed by atoms with Crippen LogP contribution in [0.1, 0.15) is 11.7 Å². The van der Waals surface area contributed by atoms with Crippen LogP contribution in [0.5, 0.6) is 0 Å². The number of hydrogen-bond acceptors (Lipinski definition) is 3. The fourth-order valence-electron chi connectivity index (χ4n) is 1.34. The average Bonchev–Trinajstić information content (AvgIpc) is 2.17. The van der Waals surface area contributed by atoms with Crippen LogP contribution in [0.3, 0.4) is 0 Å². The number of ether oxygens (including phenoxy) is 1. The molecule has 1 aromatic carbocycles. The summed E-state index contributed by atoms with van der Waals surface area (Å²) in [4.78, 5) is 11.0. The first-order chi connectivity index (χ1) is 6.29. The van der Waals surface area contributed by atoms with Gasteiger partial charge in [-0.1, -0.05) is 30.3 Å². The van der Waals surface area contributed by atoms with Crippen molar-refractivity contribution in [3.05, 3.63) is 35.9 Å². The summed E-state index contributed by atoms with van der Waals surface area (Å²) >= 11 is 0. The molecular weight excluding hydrogens is 168 g/mol. The molecule has 0 aliphatic carbocycles. The maximum Gasteiger partial charge on any atom is 0.190 e. The Hall–Kier alpha value is -1.19. The summed E-state index contributed by atoms with van der Waals surface area (Å²) in [5, 5.41) is 9.66. The van der Waals surface area contributed by atoms with Gasteiger partial charge in [0.2, 0.25) is 0 Å². The second kappa shape index (κ2) is 3.28. The van der Waals surface area contributed by atoms with E-state index in [1.54, 1.807) is 12.1 Å². The molecule has 1 aliphatic heterocycles. The van der Waals surface area contributed by atoms with E-state index in [0.717, 1.165) is 5.56 Å². The van der Waals surface area contributed by atoms with Crippen molar-refractivity contribution in [2.75, 3.05) is 6.61 Å². The molecule has 1 N–H and O–H groups in total. The monoisotopic (exact) mass is 178 g/mol. The van der Waals surface area contributed by atoms with Gasteiger partial charge in [-0.05, 0) is 5.56 Å². The van der Waals surface area contributed by atoms with Crippen LogP contribution in [0, 0.1) is 0 Å². The fraction of sp³-hybridized carbons (Fsp3) is 0.300. The van der Waals surface area contributed by atoms with E-state index in [1.807, 2.05) is 18.2 Å². The van der Waals surface area contributed by atoms with Crippen molar-refractivity contribution < 1.29 is 14.6 Å². The predicted octanol–water partition coefficient (Wildman–Crippen LogP) is 0.688. The fourth-order valence-corrected chi connectivity index (χ4v) is 1.34. The summed E-state index contributed by atoms with van der Waals surface area (Å²) in [6.07, 6.45) is -1.47. The molecule has 13 heavy (non-hydrogen) atoms. The van der Waals surface area contributed by atoms with Gasteiger partial charge in [-0.25, -0.2) is 0 Å². The second-order valence-electron chi connectivity index (χ2n) is 3.05. The molecule has 1 aromatic rings. The summed E-state index contributed by atoms with van der Waals surface area (Å²) in [5.74, 6) is -0.0312. The van der Waals surface area contributed by atoms with Crippen LogP contribution < -0.4 is 0 Å². The minimum atomic E-state index is -0.817. The Morgan fingerprint density at radius 3 is 2.54 bits per heavy atom. The zero-order valence-corrected chi connectivity index (χ0v) is 7.01. The number of Topliss-reactive ketones (excluding diaryl/α,β-unsaturated/α-hetero) is 1. The van der Waals surface area contributed by atoms with Gasteiger partial charge in [0.25, 0.3) is 0 Å². The molecule has 0 bridgehead atoms. The number of aliphatic hydroxyl groups is 1. The summed E-state index contributed by atoms with van der Waals surface area (Å²) in [6, 6.07) is 9.06. The highest BCUT2D eigenvalue weighted by molar-refractivity contribution is 5.89. The van der Waals surface area contributed by atoms with E-state index in [0.29, 0.717) is 0 Å². The Bertz CT molecular complexity index is 307. The Labute approximate surface area is 76.0 Å². The van der Waals surface area contributed by atoms with Crippen LogP contribution in [0.15, 0.2) is 30.3 Å². The minimum Gasteiger partial charge on any atom is -0.385 e. The number of ketones is 1. The van der Waals surface area contributed by atoms with Gasteiger partial charge in [-0.15, -0.1) is 0 Å². The van der Waals surface area contributed by atoms with Crippen LogP contribution in [0.2, 0.25) is 0 Å². The number of carbonyl (C=O) groups is 1. The standard InChI is InChI=1S/C10H10O3/c11-8-6-13-10(8)9(12)7-4-2-1-3-5-7/h1-5,9-10,12H,6H2/t9-,10-/m0/s1. The first-order valence-electron chi connectivity index (χ1n) is 4.16. The Morgan fingerprint density at radius 2 is 2.08 bits per heavy atom. The van der Waals surface area contributed by atoms with E-state index in [4.69, 9.17) is 4.74 Å². The lowest BCUT2D eigenvalue weighted by atomic mass is 9.99. The SMILES string of the molecule is O=C1CO[C@@H]1[C@@H](O)c1ccccc1. The van der Waals surface area contributed by atoms with Gasteiger partial charge in [-0.2, -0.15) is 0 Å². The molecule has 0 radical (unpaired) electrons. The molecule has 1 saturated heterocycles. The van der Waals surface area contributed by atoms with E-state index in [-0.39, 0.29) is 12.4 Å². The van der Waals surface area contributed by atoms with Crippen molar-refractivity contribution in [3.63, 3.8) is 0 Å². The maximum absolute atomic E-state index is 11.0. The average molecular weight is 178 g/mol. The van der Waals surface area contributed by atoms with Crippen molar-refractivity contribution in [2.45, 2.75) is 12.2 Å². The van der Waals surface area contributed by atoms with Crippen molar-refractivity contribution in [1.29, 1.82) is 0 Å². The molecule has 1 aliphatic rings. The van der Waals surface area contributed by atoms with E-state index in [2.05, 4.69) is 0 Å². The first kappa shape index (κ1) is 8.41. The number of aliphatic hydroxyl groups excluding tert-OH is 1. The topological polar surface area (TPSA) is 46.5 Å². The number of benzene rings is 1. The third kappa shape index (κ3) is 1.48. The summed E-state index contributed by atoms with van der Waals surface area (Å²) in [6.45, 7) is 0.133. The van der Waals surface area contributed by atoms with Crippen LogP contribution in [0.4, 0.5) is 0 Å². The van der Waals surface area contributed by atoms with Crippen molar-refractivity contribution in [3.8, 4) is 0 Å². The number of carbonyl (C=O) groups excluding carboxylic acids is 1. The minimum absolute atomic E-state index is 0.0312. The van der Waals surface area contributed by atoms with Crippen molar-refractivity contribution in [1.82, 2.24) is 0 Å². The highest BCUT2D eigenvalue weighted by Gasteiger charge is 2.36. The molecule has 0 amide bonds. The molecule has 68 valence electrons. The number of rotatable bonds is 2. The van der Waals surface area contributed by atoms with Crippen molar-refractivity contribution in [2.24, 2.45) is 0 Å². The molecule has 3 heteroatoms. The van der Waals surface area contributed by atoms with E-state index in [1.165, 1.54) is 0 Å². The van der Waals surface area contributed by atoms with Crippen LogP contribution in [-0.2, 0) is 9.53 Å². The van der Waals surface area contributed by atoms with Crippen molar-refractivity contribution >= 4 is 5.78 Å². The molecule has 0 spiro atoms. The van der Waals surface area contributed by atoms with Gasteiger partial charge in [0.1, 0.15) is 18.8 Å². The number of hydrogen-bond donors (Lipinski definition) is 1. The zero-order valence-electron chi connectivity index (χ0n) is 7.01. The van der Waals surface area contributed by atoms with Crippen LogP contribution in [-0.4, -0.2) is 23.6 Å². The molecule has 0 aromatic heterocycles. The summed E-state index contributed by atoms with van der Waals surface area (Å²) < 4.78 is 4.96. The Kier molecular flexibility index (Phi) is 2.12. The van der Waals surface area contributed by atoms with Gasteiger partial charge >= 0.3 is 0 Å². The molecule has 2 rings (SSSR count). The quantitative estimate of drug-likeness (QED) is 0.724. The van der Waals surface area contributed by atoms with Gasteiger partial charge in [0.15, 0.2) is 5.78 Å². The Balaban J connectivity index is 2.13. The van der Waals surface area contributed by atoms with Gasteiger partial charge < -0.3 is 9.84 Å². The normalized spacial score (nSPS) is 23.8. The third-order valence-corrected chi connectivity index (χ3v) is 2.15. The van der Waals surface area contributed by atoms with E-state index in [9.17, 15) is 9.90 Å². The highest BCUT2D eigenvalue weighted by atomic mass is 16.5. The van der Waals surface area contributed by atoms with Gasteiger partial charge in [0, 0.05) is 0 Å². The summed E-state index contributed by atoms with van der Waals surface area (Å²) in [7, 11) is 0. The second-order valence-corrected chi connectivity index (χ2v) is 3.05. The van der Waals surface area contributed by atoms with Gasteiger partial charge in [-0.3, -0.25) is 4.79 Å². The molecular formula is C10H10O3. The van der Waals surface area contributed by atoms with E-state index >= 15 is 0 Å². The zero-order chi connectivity index (χ0) is 9.26. The molecule has 0 saturated carbocycles. The predicted molar refractivity (Wildman–Crippen MR) is 46.1 cm³/mol. The Morgan fingerprint density at radius 1 is 1.38 bits per heavy atom. The lowest BCUT2D eigenvalue weighted by Gasteiger charge is -2.29. The molecule has 1 heterocycles. The molecule has 1 fully saturated rings. The highest BCUT2D eigenvalue weighted by Crippen LogP contribution is 2.24. The smallest absolute Gasteiger partial charge is 0.190 e.